The molecule has 0 atom stereocenters. The van der Waals surface area contributed by atoms with E-state index in [1.807, 2.05) is 7.05 Å². The Morgan fingerprint density at radius 1 is 1.29 bits per heavy atom. The fourth-order valence-corrected chi connectivity index (χ4v) is 2.83. The van der Waals surface area contributed by atoms with Crippen LogP contribution in [0, 0.1) is 6.92 Å². The second-order valence-electron chi connectivity index (χ2n) is 5.68. The first-order valence-corrected chi connectivity index (χ1v) is 8.02. The highest BCUT2D eigenvalue weighted by Crippen LogP contribution is 2.21. The molecule has 0 bridgehead atoms. The average molecular weight is 325 g/mol. The molecular weight excluding hydrogens is 302 g/mol. The van der Waals surface area contributed by atoms with Crippen LogP contribution in [-0.2, 0) is 20.0 Å². The van der Waals surface area contributed by atoms with Gasteiger partial charge in [0.1, 0.15) is 12.2 Å². The van der Waals surface area contributed by atoms with Crippen molar-refractivity contribution in [1.82, 2.24) is 30.4 Å². The molecule has 0 aliphatic heterocycles. The summed E-state index contributed by atoms with van der Waals surface area (Å²) in [6.07, 6.45) is 2.48. The highest BCUT2D eigenvalue weighted by atomic mass is 15.3. The third kappa shape index (κ3) is 3.40. The van der Waals surface area contributed by atoms with Crippen molar-refractivity contribution in [2.75, 3.05) is 13.6 Å². The lowest BCUT2D eigenvalue weighted by Crippen LogP contribution is -2.38. The maximum Gasteiger partial charge on any atom is 0.191 e. The zero-order valence-electron chi connectivity index (χ0n) is 14.3. The Labute approximate surface area is 141 Å². The van der Waals surface area contributed by atoms with Crippen molar-refractivity contribution in [2.45, 2.75) is 19.9 Å². The van der Waals surface area contributed by atoms with Gasteiger partial charge in [-0.05, 0) is 25.0 Å². The first kappa shape index (κ1) is 16.0. The molecule has 0 saturated carbocycles. The molecule has 126 valence electrons. The van der Waals surface area contributed by atoms with Gasteiger partial charge >= 0.3 is 0 Å². The van der Waals surface area contributed by atoms with Gasteiger partial charge in [-0.3, -0.25) is 9.67 Å². The van der Waals surface area contributed by atoms with Crippen LogP contribution in [0.3, 0.4) is 0 Å². The molecule has 0 spiro atoms. The van der Waals surface area contributed by atoms with Gasteiger partial charge in [-0.15, -0.1) is 0 Å². The third-order valence-corrected chi connectivity index (χ3v) is 4.14. The molecule has 24 heavy (non-hydrogen) atoms. The fraction of sp³-hybridized carbons (Fsp3) is 0.353. The smallest absolute Gasteiger partial charge is 0.191 e. The predicted octanol–water partition coefficient (Wildman–Crippen LogP) is 1.51. The number of H-pyrrole nitrogens is 1. The Morgan fingerprint density at radius 3 is 2.88 bits per heavy atom. The normalized spacial score (nSPS) is 11.9. The van der Waals surface area contributed by atoms with E-state index < -0.39 is 0 Å². The van der Waals surface area contributed by atoms with Crippen LogP contribution in [0.1, 0.15) is 17.1 Å². The summed E-state index contributed by atoms with van der Waals surface area (Å²) in [7, 11) is 3.64. The first-order valence-electron chi connectivity index (χ1n) is 8.02. The number of aromatic amines is 1. The number of fused-ring (bicyclic) bond motifs is 1. The highest BCUT2D eigenvalue weighted by molar-refractivity contribution is 5.84. The van der Waals surface area contributed by atoms with Crippen molar-refractivity contribution in [3.63, 3.8) is 0 Å². The summed E-state index contributed by atoms with van der Waals surface area (Å²) >= 11 is 0. The SMILES string of the molecule is CN=C(NCCc1c(C)[nH]c2ccccc12)NCc1ncnn1C. The van der Waals surface area contributed by atoms with E-state index in [1.54, 1.807) is 18.1 Å². The summed E-state index contributed by atoms with van der Waals surface area (Å²) in [4.78, 5) is 11.9. The number of nitrogens with one attached hydrogen (secondary N) is 3. The van der Waals surface area contributed by atoms with E-state index in [2.05, 4.69) is 61.9 Å². The van der Waals surface area contributed by atoms with Gasteiger partial charge in [-0.2, -0.15) is 5.10 Å². The molecule has 3 N–H and O–H groups in total. The number of aliphatic imine (C=N–C) groups is 1. The third-order valence-electron chi connectivity index (χ3n) is 4.14. The minimum atomic E-state index is 0.586. The number of rotatable bonds is 5. The maximum atomic E-state index is 4.25. The van der Waals surface area contributed by atoms with Crippen LogP contribution in [0.25, 0.3) is 10.9 Å². The minimum Gasteiger partial charge on any atom is -0.358 e. The van der Waals surface area contributed by atoms with Gasteiger partial charge in [0.05, 0.1) is 6.54 Å². The molecule has 0 radical (unpaired) electrons. The lowest BCUT2D eigenvalue weighted by molar-refractivity contribution is 0.672. The molecule has 7 nitrogen and oxygen atoms in total. The van der Waals surface area contributed by atoms with Crippen molar-refractivity contribution in [1.29, 1.82) is 0 Å². The molecule has 0 saturated heterocycles. The van der Waals surface area contributed by atoms with E-state index >= 15 is 0 Å². The van der Waals surface area contributed by atoms with Crippen molar-refractivity contribution >= 4 is 16.9 Å². The number of guanidine groups is 1. The molecule has 0 aliphatic rings. The number of hydrogen-bond acceptors (Lipinski definition) is 3. The van der Waals surface area contributed by atoms with Crippen LogP contribution in [-0.4, -0.2) is 39.3 Å². The number of aromatic nitrogens is 4. The summed E-state index contributed by atoms with van der Waals surface area (Å²) in [5, 5.41) is 11.9. The van der Waals surface area contributed by atoms with E-state index in [-0.39, 0.29) is 0 Å². The average Bonchev–Trinajstić information content (AvgIpc) is 3.13. The van der Waals surface area contributed by atoms with Crippen molar-refractivity contribution in [3.8, 4) is 0 Å². The van der Waals surface area contributed by atoms with E-state index in [9.17, 15) is 0 Å². The summed E-state index contributed by atoms with van der Waals surface area (Å²) in [5.74, 6) is 1.63. The Balaban J connectivity index is 1.56. The van der Waals surface area contributed by atoms with Gasteiger partial charge in [-0.1, -0.05) is 18.2 Å². The van der Waals surface area contributed by atoms with Crippen LogP contribution in [0.4, 0.5) is 0 Å². The number of benzene rings is 1. The van der Waals surface area contributed by atoms with Gasteiger partial charge in [0.15, 0.2) is 5.96 Å². The van der Waals surface area contributed by atoms with Gasteiger partial charge in [0.25, 0.3) is 0 Å². The monoisotopic (exact) mass is 325 g/mol. The van der Waals surface area contributed by atoms with E-state index in [0.717, 1.165) is 24.7 Å². The zero-order valence-corrected chi connectivity index (χ0v) is 14.3. The molecule has 0 unspecified atom stereocenters. The first-order chi connectivity index (χ1) is 11.7. The fourth-order valence-electron chi connectivity index (χ4n) is 2.83. The summed E-state index contributed by atoms with van der Waals surface area (Å²) < 4.78 is 1.75. The lowest BCUT2D eigenvalue weighted by atomic mass is 10.1. The van der Waals surface area contributed by atoms with Crippen LogP contribution < -0.4 is 10.6 Å². The Hall–Kier alpha value is -2.83. The second kappa shape index (κ2) is 7.16. The van der Waals surface area contributed by atoms with E-state index in [1.165, 1.54) is 22.2 Å². The molecule has 2 aromatic heterocycles. The van der Waals surface area contributed by atoms with E-state index in [0.29, 0.717) is 6.54 Å². The number of nitrogens with zero attached hydrogens (tertiary/aromatic N) is 4. The number of aryl methyl sites for hydroxylation is 2. The van der Waals surface area contributed by atoms with Gasteiger partial charge in [0.2, 0.25) is 0 Å². The van der Waals surface area contributed by atoms with Crippen LogP contribution in [0.5, 0.6) is 0 Å². The van der Waals surface area contributed by atoms with Gasteiger partial charge < -0.3 is 15.6 Å². The van der Waals surface area contributed by atoms with Crippen LogP contribution in [0.15, 0.2) is 35.6 Å². The number of hydrogen-bond donors (Lipinski definition) is 3. The number of para-hydroxylation sites is 1. The largest absolute Gasteiger partial charge is 0.358 e. The molecule has 3 aromatic rings. The molecule has 3 rings (SSSR count). The Morgan fingerprint density at radius 2 is 2.12 bits per heavy atom. The van der Waals surface area contributed by atoms with E-state index in [4.69, 9.17) is 0 Å². The topological polar surface area (TPSA) is 82.9 Å². The molecular formula is C17H23N7. The Bertz CT molecular complexity index is 844. The van der Waals surface area contributed by atoms with Gasteiger partial charge in [0, 0.05) is 37.2 Å². The predicted molar refractivity (Wildman–Crippen MR) is 95.9 cm³/mol. The summed E-state index contributed by atoms with van der Waals surface area (Å²) in [5.41, 5.74) is 3.76. The molecule has 0 amide bonds. The van der Waals surface area contributed by atoms with Gasteiger partial charge in [-0.25, -0.2) is 4.98 Å². The van der Waals surface area contributed by atoms with Crippen LogP contribution >= 0.6 is 0 Å². The molecule has 7 heteroatoms. The molecule has 2 heterocycles. The zero-order chi connectivity index (χ0) is 16.9. The molecule has 0 aliphatic carbocycles. The lowest BCUT2D eigenvalue weighted by Gasteiger charge is -2.11. The van der Waals surface area contributed by atoms with Crippen LogP contribution in [0.2, 0.25) is 0 Å². The summed E-state index contributed by atoms with van der Waals surface area (Å²) in [6, 6.07) is 8.41. The quantitative estimate of drug-likeness (QED) is 0.490. The maximum absolute atomic E-state index is 4.25. The van der Waals surface area contributed by atoms with Crippen molar-refractivity contribution < 1.29 is 0 Å². The molecule has 0 fully saturated rings. The molecule has 1 aromatic carbocycles. The van der Waals surface area contributed by atoms with Crippen molar-refractivity contribution in [3.05, 3.63) is 47.7 Å². The highest BCUT2D eigenvalue weighted by Gasteiger charge is 2.08. The Kier molecular flexibility index (Phi) is 4.79. The summed E-state index contributed by atoms with van der Waals surface area (Å²) in [6.45, 7) is 3.51. The van der Waals surface area contributed by atoms with Crippen molar-refractivity contribution in [2.24, 2.45) is 12.0 Å². The minimum absolute atomic E-state index is 0.586. The standard InChI is InChI=1S/C17H23N7/c1-12-13(14-6-4-5-7-15(14)23-12)8-9-19-17(18-2)20-10-16-21-11-22-24(16)3/h4-7,11,23H,8-10H2,1-3H3,(H2,18,19,20). The second-order valence-corrected chi connectivity index (χ2v) is 5.68.